The van der Waals surface area contributed by atoms with Gasteiger partial charge in [0.1, 0.15) is 6.04 Å². The van der Waals surface area contributed by atoms with Crippen LogP contribution in [0.25, 0.3) is 0 Å². The van der Waals surface area contributed by atoms with Gasteiger partial charge in [-0.2, -0.15) is 0 Å². The van der Waals surface area contributed by atoms with Crippen LogP contribution in [-0.4, -0.2) is 37.7 Å². The van der Waals surface area contributed by atoms with E-state index in [9.17, 15) is 23.1 Å². The largest absolute Gasteiger partial charge is 0.480 e. The summed E-state index contributed by atoms with van der Waals surface area (Å²) in [4.78, 5) is 23.6. The van der Waals surface area contributed by atoms with Crippen LogP contribution in [0, 0.1) is 5.92 Å². The SMILES string of the molecule is CCc1ccc(C(=O)N[C@@H](CC(C)C)C(=O)O)cc1S(C)(=O)=O. The van der Waals surface area contributed by atoms with Crippen molar-refractivity contribution in [3.05, 3.63) is 29.3 Å². The lowest BCUT2D eigenvalue weighted by atomic mass is 10.0. The quantitative estimate of drug-likeness (QED) is 0.788. The fourth-order valence-electron chi connectivity index (χ4n) is 2.27. The zero-order chi connectivity index (χ0) is 17.8. The average Bonchev–Trinajstić information content (AvgIpc) is 2.44. The summed E-state index contributed by atoms with van der Waals surface area (Å²) in [7, 11) is -3.46. The number of benzene rings is 1. The second-order valence-electron chi connectivity index (χ2n) is 5.94. The number of carboxylic acids is 1. The maximum atomic E-state index is 12.3. The molecule has 1 amide bonds. The highest BCUT2D eigenvalue weighted by atomic mass is 32.2. The first-order chi connectivity index (χ1) is 10.6. The van der Waals surface area contributed by atoms with Crippen molar-refractivity contribution in [3.8, 4) is 0 Å². The van der Waals surface area contributed by atoms with E-state index in [1.165, 1.54) is 12.1 Å². The first-order valence-electron chi connectivity index (χ1n) is 7.42. The number of nitrogens with one attached hydrogen (secondary N) is 1. The fraction of sp³-hybridized carbons (Fsp3) is 0.500. The molecule has 0 saturated heterocycles. The maximum absolute atomic E-state index is 12.3. The van der Waals surface area contributed by atoms with E-state index >= 15 is 0 Å². The van der Waals surface area contributed by atoms with Gasteiger partial charge in [-0.1, -0.05) is 26.8 Å². The molecule has 0 aliphatic carbocycles. The predicted octanol–water partition coefficient (Wildman–Crippen LogP) is 1.88. The Labute approximate surface area is 136 Å². The van der Waals surface area contributed by atoms with Crippen LogP contribution in [0.2, 0.25) is 0 Å². The van der Waals surface area contributed by atoms with Gasteiger partial charge in [0, 0.05) is 11.8 Å². The Morgan fingerprint density at radius 2 is 1.87 bits per heavy atom. The molecule has 1 rings (SSSR count). The molecule has 0 unspecified atom stereocenters. The molecule has 7 heteroatoms. The third-order valence-electron chi connectivity index (χ3n) is 3.42. The molecule has 0 aromatic heterocycles. The minimum absolute atomic E-state index is 0.100. The first kappa shape index (κ1) is 19.2. The van der Waals surface area contributed by atoms with Gasteiger partial charge < -0.3 is 10.4 Å². The number of hydrogen-bond donors (Lipinski definition) is 2. The van der Waals surface area contributed by atoms with E-state index in [4.69, 9.17) is 0 Å². The third kappa shape index (κ3) is 5.35. The van der Waals surface area contributed by atoms with Gasteiger partial charge in [0.05, 0.1) is 4.90 Å². The molecule has 128 valence electrons. The maximum Gasteiger partial charge on any atom is 0.326 e. The molecule has 0 saturated carbocycles. The number of rotatable bonds is 7. The van der Waals surface area contributed by atoms with Gasteiger partial charge in [0.2, 0.25) is 0 Å². The zero-order valence-electron chi connectivity index (χ0n) is 13.8. The smallest absolute Gasteiger partial charge is 0.326 e. The monoisotopic (exact) mass is 341 g/mol. The standard InChI is InChI=1S/C16H23NO5S/c1-5-11-6-7-12(9-14(11)23(4,21)22)15(18)17-13(16(19)20)8-10(2)3/h6-7,9-10,13H,5,8H2,1-4H3,(H,17,18)(H,19,20)/t13-/m0/s1. The van der Waals surface area contributed by atoms with E-state index in [-0.39, 0.29) is 16.4 Å². The molecule has 0 aliphatic heterocycles. The van der Waals surface area contributed by atoms with Crippen LogP contribution in [0.5, 0.6) is 0 Å². The molecule has 0 fully saturated rings. The number of aryl methyl sites for hydroxylation is 1. The number of amides is 1. The van der Waals surface area contributed by atoms with Gasteiger partial charge in [0.15, 0.2) is 9.84 Å². The fourth-order valence-corrected chi connectivity index (χ4v) is 3.30. The van der Waals surface area contributed by atoms with Crippen molar-refractivity contribution >= 4 is 21.7 Å². The molecule has 2 N–H and O–H groups in total. The summed E-state index contributed by atoms with van der Waals surface area (Å²) in [5.41, 5.74) is 0.763. The number of sulfone groups is 1. The number of carboxylic acid groups (broad SMARTS) is 1. The minimum atomic E-state index is -3.46. The first-order valence-corrected chi connectivity index (χ1v) is 9.32. The van der Waals surface area contributed by atoms with Crippen LogP contribution in [0.4, 0.5) is 0 Å². The van der Waals surface area contributed by atoms with Crippen molar-refractivity contribution in [2.24, 2.45) is 5.92 Å². The summed E-state index contributed by atoms with van der Waals surface area (Å²) in [6, 6.07) is 3.40. The third-order valence-corrected chi connectivity index (χ3v) is 4.60. The van der Waals surface area contributed by atoms with Crippen molar-refractivity contribution < 1.29 is 23.1 Å². The highest BCUT2D eigenvalue weighted by molar-refractivity contribution is 7.90. The Bertz CT molecular complexity index is 694. The Balaban J connectivity index is 3.11. The van der Waals surface area contributed by atoms with Crippen LogP contribution in [-0.2, 0) is 21.1 Å². The molecule has 1 aromatic carbocycles. The molecule has 0 aliphatic rings. The molecule has 6 nitrogen and oxygen atoms in total. The summed E-state index contributed by atoms with van der Waals surface area (Å²) in [6.45, 7) is 5.55. The van der Waals surface area contributed by atoms with Gasteiger partial charge in [0.25, 0.3) is 5.91 Å². The lowest BCUT2D eigenvalue weighted by Gasteiger charge is -2.17. The van der Waals surface area contributed by atoms with Crippen LogP contribution in [0.3, 0.4) is 0 Å². The van der Waals surface area contributed by atoms with Gasteiger partial charge in [-0.15, -0.1) is 0 Å². The van der Waals surface area contributed by atoms with E-state index in [0.717, 1.165) is 6.26 Å². The van der Waals surface area contributed by atoms with Crippen molar-refractivity contribution in [3.63, 3.8) is 0 Å². The highest BCUT2D eigenvalue weighted by Crippen LogP contribution is 2.19. The number of hydrogen-bond acceptors (Lipinski definition) is 4. The molecule has 0 radical (unpaired) electrons. The van der Waals surface area contributed by atoms with Crippen molar-refractivity contribution in [1.29, 1.82) is 0 Å². The summed E-state index contributed by atoms with van der Waals surface area (Å²) in [6.07, 6.45) is 1.91. The normalized spacial score (nSPS) is 12.9. The van der Waals surface area contributed by atoms with Crippen molar-refractivity contribution in [2.75, 3.05) is 6.26 Å². The summed E-state index contributed by atoms with van der Waals surface area (Å²) < 4.78 is 23.7. The summed E-state index contributed by atoms with van der Waals surface area (Å²) in [5.74, 6) is -1.60. The van der Waals surface area contributed by atoms with Crippen molar-refractivity contribution in [2.45, 2.75) is 44.6 Å². The Kier molecular flexibility index (Phi) is 6.32. The second-order valence-corrected chi connectivity index (χ2v) is 7.93. The van der Waals surface area contributed by atoms with Gasteiger partial charge >= 0.3 is 5.97 Å². The lowest BCUT2D eigenvalue weighted by Crippen LogP contribution is -2.41. The molecule has 0 heterocycles. The van der Waals surface area contributed by atoms with Crippen molar-refractivity contribution in [1.82, 2.24) is 5.32 Å². The molecular formula is C16H23NO5S. The summed E-state index contributed by atoms with van der Waals surface area (Å²) >= 11 is 0. The van der Waals surface area contributed by atoms with Crippen LogP contribution >= 0.6 is 0 Å². The summed E-state index contributed by atoms with van der Waals surface area (Å²) in [5, 5.41) is 11.6. The number of carbonyl (C=O) groups excluding carboxylic acids is 1. The minimum Gasteiger partial charge on any atom is -0.480 e. The van der Waals surface area contributed by atoms with Crippen LogP contribution in [0.1, 0.15) is 43.1 Å². The molecule has 1 atom stereocenters. The second kappa shape index (κ2) is 7.59. The molecule has 1 aromatic rings. The average molecular weight is 341 g/mol. The van der Waals surface area contributed by atoms with E-state index in [1.807, 2.05) is 20.8 Å². The molecule has 0 spiro atoms. The van der Waals surface area contributed by atoms with Gasteiger partial charge in [-0.3, -0.25) is 4.79 Å². The Morgan fingerprint density at radius 3 is 2.30 bits per heavy atom. The van der Waals surface area contributed by atoms with Gasteiger partial charge in [-0.05, 0) is 36.5 Å². The lowest BCUT2D eigenvalue weighted by molar-refractivity contribution is -0.139. The zero-order valence-corrected chi connectivity index (χ0v) is 14.6. The van der Waals surface area contributed by atoms with E-state index in [1.54, 1.807) is 6.07 Å². The molecule has 23 heavy (non-hydrogen) atoms. The molecular weight excluding hydrogens is 318 g/mol. The van der Waals surface area contributed by atoms with E-state index in [0.29, 0.717) is 18.4 Å². The van der Waals surface area contributed by atoms with E-state index < -0.39 is 27.8 Å². The number of carbonyl (C=O) groups is 2. The number of aliphatic carboxylic acids is 1. The van der Waals surface area contributed by atoms with Gasteiger partial charge in [-0.25, -0.2) is 13.2 Å². The Morgan fingerprint density at radius 1 is 1.26 bits per heavy atom. The Hall–Kier alpha value is -1.89. The van der Waals surface area contributed by atoms with E-state index in [2.05, 4.69) is 5.32 Å². The van der Waals surface area contributed by atoms with Crippen LogP contribution in [0.15, 0.2) is 23.1 Å². The highest BCUT2D eigenvalue weighted by Gasteiger charge is 2.23. The predicted molar refractivity (Wildman–Crippen MR) is 87.3 cm³/mol. The molecule has 0 bridgehead atoms. The van der Waals surface area contributed by atoms with Crippen LogP contribution < -0.4 is 5.32 Å². The topological polar surface area (TPSA) is 101 Å².